The van der Waals surface area contributed by atoms with Crippen LogP contribution in [0.2, 0.25) is 0 Å². The lowest BCUT2D eigenvalue weighted by Crippen LogP contribution is -2.44. The van der Waals surface area contributed by atoms with Crippen molar-refractivity contribution < 1.29 is 4.79 Å². The molecule has 2 heterocycles. The lowest BCUT2D eigenvalue weighted by Gasteiger charge is -2.35. The summed E-state index contributed by atoms with van der Waals surface area (Å²) >= 11 is 0. The Bertz CT molecular complexity index is 330. The third kappa shape index (κ3) is 4.00. The highest BCUT2D eigenvalue weighted by Gasteiger charge is 2.35. The highest BCUT2D eigenvalue weighted by molar-refractivity contribution is 5.77. The number of piperidine rings is 1. The summed E-state index contributed by atoms with van der Waals surface area (Å²) in [4.78, 5) is 15.1. The van der Waals surface area contributed by atoms with Crippen LogP contribution in [-0.2, 0) is 4.79 Å². The zero-order chi connectivity index (χ0) is 14.5. The van der Waals surface area contributed by atoms with Crippen LogP contribution >= 0.6 is 0 Å². The van der Waals surface area contributed by atoms with Gasteiger partial charge in [0.1, 0.15) is 0 Å². The monoisotopic (exact) mass is 292 g/mol. The van der Waals surface area contributed by atoms with E-state index in [9.17, 15) is 4.79 Å². The minimum Gasteiger partial charge on any atom is -0.339 e. The largest absolute Gasteiger partial charge is 0.339 e. The fourth-order valence-corrected chi connectivity index (χ4v) is 4.75. The molecule has 1 N–H and O–H groups in total. The summed E-state index contributed by atoms with van der Waals surface area (Å²) in [5, 5.41) is 3.45. The van der Waals surface area contributed by atoms with E-state index in [0.29, 0.717) is 17.9 Å². The number of amides is 1. The molecule has 0 bridgehead atoms. The van der Waals surface area contributed by atoms with Crippen molar-refractivity contribution >= 4 is 5.91 Å². The van der Waals surface area contributed by atoms with Gasteiger partial charge in [0, 0.05) is 19.0 Å². The fourth-order valence-electron chi connectivity index (χ4n) is 4.75. The lowest BCUT2D eigenvalue weighted by atomic mass is 9.88. The van der Waals surface area contributed by atoms with Gasteiger partial charge in [-0.3, -0.25) is 4.79 Å². The molecule has 3 heteroatoms. The molecule has 3 fully saturated rings. The van der Waals surface area contributed by atoms with Gasteiger partial charge in [-0.05, 0) is 63.5 Å². The zero-order valence-corrected chi connectivity index (χ0v) is 13.5. The molecule has 3 rings (SSSR count). The van der Waals surface area contributed by atoms with Crippen LogP contribution in [-0.4, -0.2) is 36.5 Å². The lowest BCUT2D eigenvalue weighted by molar-refractivity contribution is -0.134. The van der Waals surface area contributed by atoms with E-state index in [2.05, 4.69) is 10.2 Å². The molecular formula is C18H32N2O. The van der Waals surface area contributed by atoms with Gasteiger partial charge in [0.05, 0.1) is 0 Å². The summed E-state index contributed by atoms with van der Waals surface area (Å²) in [6.45, 7) is 3.32. The topological polar surface area (TPSA) is 32.3 Å². The molecule has 1 unspecified atom stereocenters. The molecule has 1 saturated carbocycles. The van der Waals surface area contributed by atoms with Crippen LogP contribution in [0.4, 0.5) is 0 Å². The van der Waals surface area contributed by atoms with Gasteiger partial charge in [-0.15, -0.1) is 0 Å². The Labute approximate surface area is 129 Å². The second-order valence-electron chi connectivity index (χ2n) is 7.45. The van der Waals surface area contributed by atoms with Gasteiger partial charge < -0.3 is 10.2 Å². The molecule has 0 aromatic rings. The van der Waals surface area contributed by atoms with Gasteiger partial charge in [0.2, 0.25) is 5.91 Å². The van der Waals surface area contributed by atoms with Crippen LogP contribution in [0.15, 0.2) is 0 Å². The smallest absolute Gasteiger partial charge is 0.223 e. The Hall–Kier alpha value is -0.570. The van der Waals surface area contributed by atoms with Crippen molar-refractivity contribution in [2.24, 2.45) is 11.8 Å². The van der Waals surface area contributed by atoms with Gasteiger partial charge in [0.15, 0.2) is 0 Å². The highest BCUT2D eigenvalue weighted by Crippen LogP contribution is 2.32. The summed E-state index contributed by atoms with van der Waals surface area (Å²) in [7, 11) is 0. The molecular weight excluding hydrogens is 260 g/mol. The van der Waals surface area contributed by atoms with Crippen molar-refractivity contribution in [1.29, 1.82) is 0 Å². The van der Waals surface area contributed by atoms with Crippen molar-refractivity contribution in [3.8, 4) is 0 Å². The number of hydrogen-bond donors (Lipinski definition) is 1. The first-order chi connectivity index (χ1) is 10.3. The van der Waals surface area contributed by atoms with Gasteiger partial charge in [-0.25, -0.2) is 0 Å². The van der Waals surface area contributed by atoms with E-state index in [1.807, 2.05) is 0 Å². The van der Waals surface area contributed by atoms with Crippen LogP contribution in [0.1, 0.15) is 70.6 Å². The molecule has 3 nitrogen and oxygen atoms in total. The summed E-state index contributed by atoms with van der Waals surface area (Å²) in [5.74, 6) is 1.91. The van der Waals surface area contributed by atoms with Crippen molar-refractivity contribution in [1.82, 2.24) is 10.2 Å². The Balaban J connectivity index is 1.54. The average molecular weight is 292 g/mol. The first kappa shape index (κ1) is 15.3. The van der Waals surface area contributed by atoms with E-state index < -0.39 is 0 Å². The minimum atomic E-state index is 0.475. The minimum absolute atomic E-state index is 0.475. The van der Waals surface area contributed by atoms with E-state index in [4.69, 9.17) is 0 Å². The number of hydrogen-bond acceptors (Lipinski definition) is 2. The van der Waals surface area contributed by atoms with E-state index >= 15 is 0 Å². The van der Waals surface area contributed by atoms with E-state index in [1.165, 1.54) is 64.2 Å². The van der Waals surface area contributed by atoms with Gasteiger partial charge >= 0.3 is 0 Å². The molecule has 0 spiro atoms. The second-order valence-corrected chi connectivity index (χ2v) is 7.45. The third-order valence-electron chi connectivity index (χ3n) is 5.99. The maximum atomic E-state index is 12.8. The summed E-state index contributed by atoms with van der Waals surface area (Å²) in [6.07, 6.45) is 13.9. The van der Waals surface area contributed by atoms with Crippen molar-refractivity contribution in [2.45, 2.75) is 76.7 Å². The number of nitrogens with one attached hydrogen (secondary N) is 1. The number of rotatable bonds is 3. The molecule has 21 heavy (non-hydrogen) atoms. The predicted molar refractivity (Wildman–Crippen MR) is 86.1 cm³/mol. The molecule has 1 atom stereocenters. The predicted octanol–water partition coefficient (Wildman–Crippen LogP) is 3.34. The molecule has 0 aromatic heterocycles. The zero-order valence-electron chi connectivity index (χ0n) is 13.5. The van der Waals surface area contributed by atoms with Crippen LogP contribution in [0.5, 0.6) is 0 Å². The normalized spacial score (nSPS) is 29.5. The summed E-state index contributed by atoms with van der Waals surface area (Å²) in [6, 6.07) is 0.561. The Kier molecular flexibility index (Phi) is 5.56. The van der Waals surface area contributed by atoms with Crippen LogP contribution in [0.25, 0.3) is 0 Å². The number of carbonyl (C=O) groups is 1. The molecule has 1 amide bonds. The number of carbonyl (C=O) groups excluding carboxylic acids is 1. The van der Waals surface area contributed by atoms with E-state index in [1.54, 1.807) is 0 Å². The molecule has 120 valence electrons. The second kappa shape index (κ2) is 7.62. The molecule has 1 aliphatic carbocycles. The molecule has 3 aliphatic rings. The maximum Gasteiger partial charge on any atom is 0.223 e. The molecule has 0 radical (unpaired) electrons. The van der Waals surface area contributed by atoms with Crippen molar-refractivity contribution in [3.63, 3.8) is 0 Å². The van der Waals surface area contributed by atoms with Gasteiger partial charge in [0.25, 0.3) is 0 Å². The van der Waals surface area contributed by atoms with Crippen molar-refractivity contribution in [3.05, 3.63) is 0 Å². The summed E-state index contributed by atoms with van der Waals surface area (Å²) < 4.78 is 0. The quantitative estimate of drug-likeness (QED) is 0.809. The highest BCUT2D eigenvalue weighted by atomic mass is 16.2. The molecule has 2 saturated heterocycles. The Morgan fingerprint density at radius 1 is 0.905 bits per heavy atom. The maximum absolute atomic E-state index is 12.8. The van der Waals surface area contributed by atoms with E-state index in [-0.39, 0.29) is 0 Å². The van der Waals surface area contributed by atoms with Crippen LogP contribution < -0.4 is 5.32 Å². The van der Waals surface area contributed by atoms with Gasteiger partial charge in [-0.2, -0.15) is 0 Å². The number of nitrogens with zero attached hydrogens (tertiary/aromatic N) is 1. The number of likely N-dealkylation sites (tertiary alicyclic amines) is 1. The van der Waals surface area contributed by atoms with Crippen LogP contribution in [0.3, 0.4) is 0 Å². The Morgan fingerprint density at radius 3 is 2.33 bits per heavy atom. The first-order valence-corrected chi connectivity index (χ1v) is 9.35. The SMILES string of the molecule is O=C(CC1CCCCCC1)N1CCCC1C1CCNCC1. The Morgan fingerprint density at radius 2 is 1.62 bits per heavy atom. The average Bonchev–Trinajstić information content (AvgIpc) is 2.87. The standard InChI is InChI=1S/C18H32N2O/c21-18(14-15-6-3-1-2-4-7-15)20-13-5-8-17(20)16-9-11-19-12-10-16/h15-17,19H,1-14H2. The first-order valence-electron chi connectivity index (χ1n) is 9.35. The fraction of sp³-hybridized carbons (Fsp3) is 0.944. The molecule has 0 aromatic carbocycles. The van der Waals surface area contributed by atoms with Crippen molar-refractivity contribution in [2.75, 3.05) is 19.6 Å². The van der Waals surface area contributed by atoms with Crippen LogP contribution in [0, 0.1) is 11.8 Å². The van der Waals surface area contributed by atoms with E-state index in [0.717, 1.165) is 32.0 Å². The van der Waals surface area contributed by atoms with Gasteiger partial charge in [-0.1, -0.05) is 25.7 Å². The summed E-state index contributed by atoms with van der Waals surface area (Å²) in [5.41, 5.74) is 0. The molecule has 2 aliphatic heterocycles. The third-order valence-corrected chi connectivity index (χ3v) is 5.99.